The number of rotatable bonds is 4. The Bertz CT molecular complexity index is 985. The quantitative estimate of drug-likeness (QED) is 0.739. The van der Waals surface area contributed by atoms with Crippen molar-refractivity contribution in [2.24, 2.45) is 0 Å². The van der Waals surface area contributed by atoms with Gasteiger partial charge in [-0.15, -0.1) is 11.3 Å². The van der Waals surface area contributed by atoms with Crippen LogP contribution in [0, 0.1) is 5.82 Å². The Morgan fingerprint density at radius 3 is 3.04 bits per heavy atom. The summed E-state index contributed by atoms with van der Waals surface area (Å²) in [7, 11) is 0. The van der Waals surface area contributed by atoms with E-state index in [1.807, 2.05) is 24.3 Å². The van der Waals surface area contributed by atoms with E-state index in [1.165, 1.54) is 6.07 Å². The first-order chi connectivity index (χ1) is 12.6. The normalized spacial score (nSPS) is 13.0. The van der Waals surface area contributed by atoms with E-state index in [4.69, 9.17) is 4.74 Å². The molecule has 3 aromatic rings. The number of hydrogen-bond acceptors (Lipinski definition) is 5. The van der Waals surface area contributed by atoms with Gasteiger partial charge in [0, 0.05) is 19.0 Å². The molecule has 0 aliphatic carbocycles. The number of thiazole rings is 1. The van der Waals surface area contributed by atoms with E-state index in [9.17, 15) is 14.0 Å². The van der Waals surface area contributed by atoms with E-state index in [0.717, 1.165) is 21.3 Å². The third-order valence-electron chi connectivity index (χ3n) is 3.91. The Morgan fingerprint density at radius 2 is 2.19 bits per heavy atom. The summed E-state index contributed by atoms with van der Waals surface area (Å²) in [5, 5.41) is 6.15. The molecule has 132 valence electrons. The maximum absolute atomic E-state index is 14.2. The molecule has 2 amide bonds. The molecular weight excluding hydrogens is 357 g/mol. The van der Waals surface area contributed by atoms with Crippen molar-refractivity contribution < 1.29 is 18.7 Å². The number of carbonyl (C=O) groups is 2. The third kappa shape index (κ3) is 3.23. The second-order valence-electron chi connectivity index (χ2n) is 5.75. The minimum absolute atomic E-state index is 0.140. The Labute approximate surface area is 152 Å². The molecule has 1 aliphatic heterocycles. The number of hydrogen-bond donors (Lipinski definition) is 2. The number of nitrogens with one attached hydrogen (secondary N) is 2. The van der Waals surface area contributed by atoms with Crippen LogP contribution in [0.15, 0.2) is 36.4 Å². The van der Waals surface area contributed by atoms with Gasteiger partial charge >= 0.3 is 0 Å². The van der Waals surface area contributed by atoms with E-state index in [0.29, 0.717) is 18.7 Å². The predicted octanol–water partition coefficient (Wildman–Crippen LogP) is 2.74. The summed E-state index contributed by atoms with van der Waals surface area (Å²) in [6, 6.07) is 10.2. The summed E-state index contributed by atoms with van der Waals surface area (Å²) in [5.41, 5.74) is 1.08. The standard InChI is InChI=1S/C18H14FN3O3S/c19-11-8-14-13(21-16(23)9-25-14)7-10(11)18(24)20-6-5-17-22-12-3-1-2-4-15(12)26-17/h1-4,7-8H,5-6,9H2,(H,20,24)(H,21,23). The highest BCUT2D eigenvalue weighted by molar-refractivity contribution is 7.18. The molecule has 0 saturated carbocycles. The fraction of sp³-hybridized carbons (Fsp3) is 0.167. The van der Waals surface area contributed by atoms with Crippen molar-refractivity contribution in [3.63, 3.8) is 0 Å². The number of nitrogens with zero attached hydrogens (tertiary/aromatic N) is 1. The van der Waals surface area contributed by atoms with Crippen LogP contribution < -0.4 is 15.4 Å². The van der Waals surface area contributed by atoms with Crippen LogP contribution in [-0.2, 0) is 11.2 Å². The van der Waals surface area contributed by atoms with Crippen molar-refractivity contribution in [1.82, 2.24) is 10.3 Å². The Balaban J connectivity index is 1.43. The van der Waals surface area contributed by atoms with Crippen LogP contribution in [0.2, 0.25) is 0 Å². The van der Waals surface area contributed by atoms with Gasteiger partial charge in [-0.2, -0.15) is 0 Å². The summed E-state index contributed by atoms with van der Waals surface area (Å²) in [6.07, 6.45) is 0.553. The number of fused-ring (bicyclic) bond motifs is 2. The van der Waals surface area contributed by atoms with Gasteiger partial charge in [-0.3, -0.25) is 9.59 Å². The smallest absolute Gasteiger partial charge is 0.262 e. The SMILES string of the molecule is O=C1COc2cc(F)c(C(=O)NCCc3nc4ccccc4s3)cc2N1. The largest absolute Gasteiger partial charge is 0.481 e. The second kappa shape index (κ2) is 6.72. The van der Waals surface area contributed by atoms with Gasteiger partial charge in [-0.05, 0) is 18.2 Å². The summed E-state index contributed by atoms with van der Waals surface area (Å²) in [4.78, 5) is 28.1. The van der Waals surface area contributed by atoms with Gasteiger partial charge in [0.2, 0.25) is 0 Å². The Kier molecular flexibility index (Phi) is 4.26. The lowest BCUT2D eigenvalue weighted by Crippen LogP contribution is -2.29. The van der Waals surface area contributed by atoms with Crippen LogP contribution in [0.5, 0.6) is 5.75 Å². The molecule has 4 rings (SSSR count). The summed E-state index contributed by atoms with van der Waals surface area (Å²) in [6.45, 7) is 0.165. The summed E-state index contributed by atoms with van der Waals surface area (Å²) < 4.78 is 20.4. The Hall–Kier alpha value is -3.00. The number of ether oxygens (including phenoxy) is 1. The molecule has 1 aromatic heterocycles. The molecule has 6 nitrogen and oxygen atoms in total. The van der Waals surface area contributed by atoms with Crippen molar-refractivity contribution >= 4 is 39.1 Å². The van der Waals surface area contributed by atoms with E-state index in [2.05, 4.69) is 15.6 Å². The van der Waals surface area contributed by atoms with E-state index in [-0.39, 0.29) is 23.8 Å². The molecule has 0 unspecified atom stereocenters. The monoisotopic (exact) mass is 371 g/mol. The fourth-order valence-corrected chi connectivity index (χ4v) is 3.65. The number of anilines is 1. The lowest BCUT2D eigenvalue weighted by atomic mass is 10.1. The first-order valence-electron chi connectivity index (χ1n) is 7.99. The molecule has 0 spiro atoms. The molecule has 8 heteroatoms. The van der Waals surface area contributed by atoms with E-state index in [1.54, 1.807) is 11.3 Å². The summed E-state index contributed by atoms with van der Waals surface area (Å²) >= 11 is 1.57. The molecule has 2 N–H and O–H groups in total. The average Bonchev–Trinajstić information content (AvgIpc) is 3.04. The minimum Gasteiger partial charge on any atom is -0.481 e. The number of amides is 2. The van der Waals surface area contributed by atoms with Crippen molar-refractivity contribution in [2.75, 3.05) is 18.5 Å². The van der Waals surface area contributed by atoms with Crippen LogP contribution in [0.1, 0.15) is 15.4 Å². The molecule has 26 heavy (non-hydrogen) atoms. The molecule has 2 heterocycles. The third-order valence-corrected chi connectivity index (χ3v) is 5.01. The van der Waals surface area contributed by atoms with Crippen molar-refractivity contribution in [1.29, 1.82) is 0 Å². The van der Waals surface area contributed by atoms with Crippen molar-refractivity contribution in [2.45, 2.75) is 6.42 Å². The molecular formula is C18H14FN3O3S. The molecule has 0 radical (unpaired) electrons. The maximum Gasteiger partial charge on any atom is 0.262 e. The van der Waals surface area contributed by atoms with Gasteiger partial charge in [-0.25, -0.2) is 9.37 Å². The number of carbonyl (C=O) groups excluding carboxylic acids is 2. The number of para-hydroxylation sites is 1. The van der Waals surface area contributed by atoms with Gasteiger partial charge in [0.15, 0.2) is 6.61 Å². The van der Waals surface area contributed by atoms with Gasteiger partial charge in [-0.1, -0.05) is 12.1 Å². The zero-order valence-corrected chi connectivity index (χ0v) is 14.4. The number of aromatic nitrogens is 1. The lowest BCUT2D eigenvalue weighted by Gasteiger charge is -2.18. The average molecular weight is 371 g/mol. The van der Waals surface area contributed by atoms with Crippen molar-refractivity contribution in [3.8, 4) is 5.75 Å². The molecule has 0 fully saturated rings. The highest BCUT2D eigenvalue weighted by Gasteiger charge is 2.21. The van der Waals surface area contributed by atoms with Gasteiger partial charge < -0.3 is 15.4 Å². The van der Waals surface area contributed by atoms with Gasteiger partial charge in [0.25, 0.3) is 11.8 Å². The highest BCUT2D eigenvalue weighted by atomic mass is 32.1. The second-order valence-corrected chi connectivity index (χ2v) is 6.86. The van der Waals surface area contributed by atoms with E-state index < -0.39 is 11.7 Å². The number of halogens is 1. The van der Waals surface area contributed by atoms with Crippen LogP contribution >= 0.6 is 11.3 Å². The van der Waals surface area contributed by atoms with Crippen LogP contribution in [0.25, 0.3) is 10.2 Å². The lowest BCUT2D eigenvalue weighted by molar-refractivity contribution is -0.118. The molecule has 0 atom stereocenters. The van der Waals surface area contributed by atoms with Gasteiger partial charge in [0.1, 0.15) is 11.6 Å². The molecule has 0 saturated heterocycles. The van der Waals surface area contributed by atoms with E-state index >= 15 is 0 Å². The minimum atomic E-state index is -0.697. The first kappa shape index (κ1) is 16.5. The highest BCUT2D eigenvalue weighted by Crippen LogP contribution is 2.30. The van der Waals surface area contributed by atoms with Crippen LogP contribution in [0.3, 0.4) is 0 Å². The molecule has 1 aliphatic rings. The van der Waals surface area contributed by atoms with Crippen LogP contribution in [-0.4, -0.2) is 29.9 Å². The molecule has 0 bridgehead atoms. The zero-order valence-electron chi connectivity index (χ0n) is 13.5. The first-order valence-corrected chi connectivity index (χ1v) is 8.80. The molecule has 2 aromatic carbocycles. The van der Waals surface area contributed by atoms with Crippen LogP contribution in [0.4, 0.5) is 10.1 Å². The predicted molar refractivity (Wildman–Crippen MR) is 96.2 cm³/mol. The summed E-state index contributed by atoms with van der Waals surface area (Å²) in [5.74, 6) is -1.37. The van der Waals surface area contributed by atoms with Gasteiger partial charge in [0.05, 0.1) is 26.5 Å². The fourth-order valence-electron chi connectivity index (χ4n) is 2.68. The maximum atomic E-state index is 14.2. The Morgan fingerprint density at radius 1 is 1.35 bits per heavy atom. The van der Waals surface area contributed by atoms with Crippen molar-refractivity contribution in [3.05, 3.63) is 52.8 Å². The number of benzene rings is 2. The zero-order chi connectivity index (χ0) is 18.1. The topological polar surface area (TPSA) is 80.3 Å².